The quantitative estimate of drug-likeness (QED) is 0.624. The summed E-state index contributed by atoms with van der Waals surface area (Å²) in [7, 11) is 1.79. The Morgan fingerprint density at radius 3 is 2.67 bits per heavy atom. The van der Waals surface area contributed by atoms with Crippen LogP contribution in [0.2, 0.25) is 0 Å². The van der Waals surface area contributed by atoms with Crippen LogP contribution in [0.1, 0.15) is 25.6 Å². The largest absolute Gasteiger partial charge is 0.406 e. The van der Waals surface area contributed by atoms with Gasteiger partial charge in [0, 0.05) is 19.5 Å². The fourth-order valence-electron chi connectivity index (χ4n) is 2.25. The zero-order valence-electron chi connectivity index (χ0n) is 11.0. The molecule has 2 N–H and O–H groups in total. The van der Waals surface area contributed by atoms with Crippen LogP contribution in [0.25, 0.3) is 0 Å². The standard InChI is InChI=1S/C11H19N5O2/c1-8-13-9(16(17)18)10(15(8)3)14-11(2)4-6-12-7-5-11/h12,14H,4-7H2,1-3H3. The number of anilines is 1. The maximum Gasteiger partial charge on any atom is 0.406 e. The van der Waals surface area contributed by atoms with Gasteiger partial charge in [-0.05, 0) is 42.8 Å². The lowest BCUT2D eigenvalue weighted by atomic mass is 9.91. The van der Waals surface area contributed by atoms with Gasteiger partial charge < -0.3 is 20.7 Å². The maximum absolute atomic E-state index is 11.0. The van der Waals surface area contributed by atoms with Gasteiger partial charge in [-0.1, -0.05) is 0 Å². The van der Waals surface area contributed by atoms with Crippen LogP contribution >= 0.6 is 0 Å². The van der Waals surface area contributed by atoms with Crippen molar-refractivity contribution in [3.63, 3.8) is 0 Å². The van der Waals surface area contributed by atoms with E-state index in [1.165, 1.54) is 0 Å². The third kappa shape index (κ3) is 2.31. The Bertz CT molecular complexity index is 462. The van der Waals surface area contributed by atoms with Crippen molar-refractivity contribution in [3.05, 3.63) is 15.9 Å². The Hall–Kier alpha value is -1.63. The van der Waals surface area contributed by atoms with Gasteiger partial charge in [0.15, 0.2) is 0 Å². The van der Waals surface area contributed by atoms with E-state index in [-0.39, 0.29) is 11.4 Å². The molecule has 18 heavy (non-hydrogen) atoms. The summed E-state index contributed by atoms with van der Waals surface area (Å²) < 4.78 is 1.74. The molecule has 1 aliphatic heterocycles. The Kier molecular flexibility index (Phi) is 3.25. The summed E-state index contributed by atoms with van der Waals surface area (Å²) in [5.41, 5.74) is -0.115. The first-order chi connectivity index (χ1) is 8.43. The number of hydrogen-bond donors (Lipinski definition) is 2. The van der Waals surface area contributed by atoms with Gasteiger partial charge in [-0.25, -0.2) is 0 Å². The summed E-state index contributed by atoms with van der Waals surface area (Å²) >= 11 is 0. The monoisotopic (exact) mass is 253 g/mol. The number of nitrogens with one attached hydrogen (secondary N) is 2. The Labute approximate surface area is 106 Å². The number of aromatic nitrogens is 2. The van der Waals surface area contributed by atoms with Gasteiger partial charge >= 0.3 is 5.82 Å². The fraction of sp³-hybridized carbons (Fsp3) is 0.727. The van der Waals surface area contributed by atoms with Crippen LogP contribution in [0.15, 0.2) is 0 Å². The molecule has 1 fully saturated rings. The number of rotatable bonds is 3. The lowest BCUT2D eigenvalue weighted by molar-refractivity contribution is -0.388. The molecule has 7 nitrogen and oxygen atoms in total. The summed E-state index contributed by atoms with van der Waals surface area (Å²) in [5, 5.41) is 17.6. The van der Waals surface area contributed by atoms with Crippen LogP contribution in [-0.4, -0.2) is 33.1 Å². The van der Waals surface area contributed by atoms with Gasteiger partial charge in [0.05, 0.1) is 0 Å². The molecule has 0 radical (unpaired) electrons. The van der Waals surface area contributed by atoms with Crippen molar-refractivity contribution in [2.45, 2.75) is 32.2 Å². The van der Waals surface area contributed by atoms with Crippen LogP contribution in [0, 0.1) is 17.0 Å². The van der Waals surface area contributed by atoms with Crippen LogP contribution in [0.4, 0.5) is 11.6 Å². The van der Waals surface area contributed by atoms with Crippen LogP contribution in [0.5, 0.6) is 0 Å². The molecule has 0 unspecified atom stereocenters. The number of piperidine rings is 1. The molecule has 7 heteroatoms. The second-order valence-electron chi connectivity index (χ2n) is 5.08. The van der Waals surface area contributed by atoms with E-state index in [0.717, 1.165) is 25.9 Å². The predicted molar refractivity (Wildman–Crippen MR) is 68.7 cm³/mol. The van der Waals surface area contributed by atoms with E-state index in [9.17, 15) is 10.1 Å². The Morgan fingerprint density at radius 2 is 2.11 bits per heavy atom. The van der Waals surface area contributed by atoms with E-state index < -0.39 is 4.92 Å². The second kappa shape index (κ2) is 4.56. The van der Waals surface area contributed by atoms with Crippen LogP contribution in [0.3, 0.4) is 0 Å². The average molecular weight is 253 g/mol. The lowest BCUT2D eigenvalue weighted by Crippen LogP contribution is -2.45. The number of imidazole rings is 1. The first kappa shape index (κ1) is 12.8. The molecule has 0 atom stereocenters. The average Bonchev–Trinajstić information content (AvgIpc) is 2.58. The Morgan fingerprint density at radius 1 is 1.50 bits per heavy atom. The molecule has 0 saturated carbocycles. The summed E-state index contributed by atoms with van der Waals surface area (Å²) in [6, 6.07) is 0. The first-order valence-electron chi connectivity index (χ1n) is 6.09. The van der Waals surface area contributed by atoms with Crippen molar-refractivity contribution in [1.29, 1.82) is 0 Å². The zero-order valence-corrected chi connectivity index (χ0v) is 11.0. The third-order valence-corrected chi connectivity index (χ3v) is 3.60. The molecular formula is C11H19N5O2. The van der Waals surface area contributed by atoms with E-state index >= 15 is 0 Å². The van der Waals surface area contributed by atoms with Gasteiger partial charge in [-0.3, -0.25) is 4.57 Å². The van der Waals surface area contributed by atoms with Gasteiger partial charge in [0.1, 0.15) is 0 Å². The van der Waals surface area contributed by atoms with E-state index in [4.69, 9.17) is 0 Å². The lowest BCUT2D eigenvalue weighted by Gasteiger charge is -2.35. The normalized spacial score (nSPS) is 18.6. The molecule has 1 saturated heterocycles. The summed E-state index contributed by atoms with van der Waals surface area (Å²) in [6.07, 6.45) is 1.88. The molecule has 0 bridgehead atoms. The fourth-order valence-corrected chi connectivity index (χ4v) is 2.25. The highest BCUT2D eigenvalue weighted by Crippen LogP contribution is 2.30. The Balaban J connectivity index is 2.30. The van der Waals surface area contributed by atoms with Crippen molar-refractivity contribution < 1.29 is 4.92 Å². The summed E-state index contributed by atoms with van der Waals surface area (Å²) in [6.45, 7) is 5.71. The number of nitrogens with zero attached hydrogens (tertiary/aromatic N) is 3. The molecule has 0 aromatic carbocycles. The molecule has 0 aliphatic carbocycles. The highest BCUT2D eigenvalue weighted by atomic mass is 16.6. The minimum absolute atomic E-state index is 0.0882. The molecule has 1 aromatic heterocycles. The number of hydrogen-bond acceptors (Lipinski definition) is 5. The molecule has 100 valence electrons. The minimum Gasteiger partial charge on any atom is -0.359 e. The van der Waals surface area contributed by atoms with Crippen molar-refractivity contribution in [2.24, 2.45) is 7.05 Å². The van der Waals surface area contributed by atoms with Crippen LogP contribution in [-0.2, 0) is 7.05 Å². The van der Waals surface area contributed by atoms with Crippen molar-refractivity contribution in [1.82, 2.24) is 14.9 Å². The first-order valence-corrected chi connectivity index (χ1v) is 6.09. The molecule has 0 amide bonds. The van der Waals surface area contributed by atoms with E-state index in [1.807, 2.05) is 0 Å². The molecular weight excluding hydrogens is 234 g/mol. The van der Waals surface area contributed by atoms with Gasteiger partial charge in [0.25, 0.3) is 0 Å². The van der Waals surface area contributed by atoms with Gasteiger partial charge in [-0.15, -0.1) is 0 Å². The smallest absolute Gasteiger partial charge is 0.359 e. The molecule has 1 aromatic rings. The van der Waals surface area contributed by atoms with E-state index in [2.05, 4.69) is 22.5 Å². The van der Waals surface area contributed by atoms with E-state index in [0.29, 0.717) is 11.6 Å². The van der Waals surface area contributed by atoms with Gasteiger partial charge in [0.2, 0.25) is 11.6 Å². The molecule has 2 rings (SSSR count). The second-order valence-corrected chi connectivity index (χ2v) is 5.08. The van der Waals surface area contributed by atoms with Crippen molar-refractivity contribution >= 4 is 11.6 Å². The van der Waals surface area contributed by atoms with Crippen molar-refractivity contribution in [2.75, 3.05) is 18.4 Å². The number of nitro groups is 1. The zero-order chi connectivity index (χ0) is 13.3. The van der Waals surface area contributed by atoms with E-state index in [1.54, 1.807) is 18.5 Å². The minimum atomic E-state index is -0.431. The topological polar surface area (TPSA) is 85.0 Å². The maximum atomic E-state index is 11.0. The highest BCUT2D eigenvalue weighted by molar-refractivity contribution is 5.55. The SMILES string of the molecule is Cc1nc([N+](=O)[O-])c(NC2(C)CCNCC2)n1C. The number of aryl methyl sites for hydroxylation is 1. The molecule has 0 spiro atoms. The van der Waals surface area contributed by atoms with Crippen molar-refractivity contribution in [3.8, 4) is 0 Å². The molecule has 2 heterocycles. The summed E-state index contributed by atoms with van der Waals surface area (Å²) in [5.74, 6) is 1.05. The molecule has 1 aliphatic rings. The van der Waals surface area contributed by atoms with Crippen LogP contribution < -0.4 is 10.6 Å². The predicted octanol–water partition coefficient (Wildman–Crippen LogP) is 1.19. The third-order valence-electron chi connectivity index (χ3n) is 3.60. The summed E-state index contributed by atoms with van der Waals surface area (Å²) in [4.78, 5) is 14.6. The van der Waals surface area contributed by atoms with Gasteiger partial charge in [-0.2, -0.15) is 0 Å². The highest BCUT2D eigenvalue weighted by Gasteiger charge is 2.32.